The van der Waals surface area contributed by atoms with Gasteiger partial charge in [-0.1, -0.05) is 6.17 Å². The number of rotatable bonds is 0. The van der Waals surface area contributed by atoms with Crippen molar-refractivity contribution in [1.29, 1.82) is 0 Å². The van der Waals surface area contributed by atoms with Gasteiger partial charge in [-0.25, -0.2) is 0 Å². The molecule has 0 aliphatic heterocycles. The van der Waals surface area contributed by atoms with Crippen molar-refractivity contribution in [2.45, 2.75) is 6.17 Å². The van der Waals surface area contributed by atoms with Crippen LogP contribution in [0.3, 0.4) is 0 Å². The summed E-state index contributed by atoms with van der Waals surface area (Å²) in [7, 11) is 0. The van der Waals surface area contributed by atoms with Crippen LogP contribution in [0.25, 0.3) is 0 Å². The molecule has 0 aliphatic rings. The molecule has 0 spiro atoms. The van der Waals surface area contributed by atoms with Crippen LogP contribution in [-0.4, -0.2) is 6.17 Å². The van der Waals surface area contributed by atoms with Crippen molar-refractivity contribution in [1.82, 2.24) is 0 Å². The van der Waals surface area contributed by atoms with Gasteiger partial charge in [-0.05, 0) is 0 Å². The van der Waals surface area contributed by atoms with E-state index in [1.54, 1.807) is 0 Å². The Bertz CT molecular complexity index is 12.4. The van der Waals surface area contributed by atoms with E-state index in [9.17, 15) is 0 Å². The second kappa shape index (κ2) is 4.92. The van der Waals surface area contributed by atoms with Gasteiger partial charge >= 0.3 is 29.6 Å². The molecule has 0 radical (unpaired) electrons. The predicted molar refractivity (Wildman–Crippen MR) is 17.5 cm³/mol. The molecule has 0 aliphatic carbocycles. The molecule has 4 N–H and O–H groups in total. The van der Waals surface area contributed by atoms with E-state index in [2.05, 4.69) is 6.92 Å². The smallest absolute Gasteiger partial charge is 0.344 e. The molecule has 3 heteroatoms. The molecule has 0 rings (SSSR count). The summed E-state index contributed by atoms with van der Waals surface area (Å²) in [6, 6.07) is 0. The summed E-state index contributed by atoms with van der Waals surface area (Å²) in [6.07, 6.45) is -0.417. The Balaban J connectivity index is 0. The van der Waals surface area contributed by atoms with E-state index < -0.39 is 6.17 Å². The third-order valence-corrected chi connectivity index (χ3v) is 0. The minimum absolute atomic E-state index is 0. The van der Waals surface area contributed by atoms with Crippen molar-refractivity contribution < 1.29 is 29.6 Å². The van der Waals surface area contributed by atoms with Crippen molar-refractivity contribution in [3.8, 4) is 0 Å². The van der Waals surface area contributed by atoms with Crippen LogP contribution in [0, 0.1) is 6.92 Å². The molecule has 0 heterocycles. The molecule has 0 saturated heterocycles. The number of hydrogen-bond donors (Lipinski definition) is 2. The maximum absolute atomic E-state index is 4.78. The fourth-order valence-electron chi connectivity index (χ4n) is 0. The van der Waals surface area contributed by atoms with Gasteiger partial charge < -0.3 is 18.4 Å². The second-order valence-corrected chi connectivity index (χ2v) is 0.664. The van der Waals surface area contributed by atoms with Crippen LogP contribution >= 0.6 is 0 Å². The zero-order valence-corrected chi connectivity index (χ0v) is 5.44. The van der Waals surface area contributed by atoms with Crippen LogP contribution < -0.4 is 41.0 Å². The largest absolute Gasteiger partial charge is 1.00 e. The Kier molecular flexibility index (Phi) is 9.18. The zero-order chi connectivity index (χ0) is 3.58. The van der Waals surface area contributed by atoms with Crippen LogP contribution in [0.15, 0.2) is 0 Å². The molecule has 2 nitrogen and oxygen atoms in total. The summed E-state index contributed by atoms with van der Waals surface area (Å²) in [4.78, 5) is 0. The van der Waals surface area contributed by atoms with Crippen LogP contribution in [0.5, 0.6) is 0 Å². The third kappa shape index (κ3) is 49.6. The van der Waals surface area contributed by atoms with Gasteiger partial charge in [-0.15, -0.1) is 0 Å². The van der Waals surface area contributed by atoms with Crippen molar-refractivity contribution in [2.75, 3.05) is 0 Å². The molecule has 0 saturated carbocycles. The fraction of sp³-hybridized carbons (Fsp3) is 0.500. The van der Waals surface area contributed by atoms with Gasteiger partial charge in [0.1, 0.15) is 0 Å². The Hall–Kier alpha value is 0.920. The Morgan fingerprint density at radius 1 is 1.40 bits per heavy atom. The molecule has 0 fully saturated rings. The average molecular weight is 82.1 g/mol. The molecule has 0 atom stereocenters. The Labute approximate surface area is 54.2 Å². The molecule has 26 valence electrons. The zero-order valence-electron chi connectivity index (χ0n) is 3.44. The first-order chi connectivity index (χ1) is 1.73. The minimum Gasteiger partial charge on any atom is -0.344 e. The maximum Gasteiger partial charge on any atom is 1.00 e. The van der Waals surface area contributed by atoms with Gasteiger partial charge in [0.05, 0.1) is 0 Å². The van der Waals surface area contributed by atoms with Gasteiger partial charge in [-0.2, -0.15) is 0 Å². The van der Waals surface area contributed by atoms with E-state index in [1.165, 1.54) is 0 Å². The van der Waals surface area contributed by atoms with E-state index >= 15 is 0 Å². The molecule has 0 bridgehead atoms. The van der Waals surface area contributed by atoms with Crippen LogP contribution in [-0.2, 0) is 0 Å². The van der Waals surface area contributed by atoms with Crippen LogP contribution in [0.4, 0.5) is 0 Å². The van der Waals surface area contributed by atoms with E-state index in [-0.39, 0.29) is 29.6 Å². The van der Waals surface area contributed by atoms with E-state index in [0.717, 1.165) is 0 Å². The molecule has 0 unspecified atom stereocenters. The predicted octanol–water partition coefficient (Wildman–Crippen LogP) is -3.93. The Morgan fingerprint density at radius 3 is 1.40 bits per heavy atom. The maximum atomic E-state index is 4.78. The fourth-order valence-corrected chi connectivity index (χ4v) is 0. The summed E-state index contributed by atoms with van der Waals surface area (Å²) in [5, 5.41) is 0. The second-order valence-electron chi connectivity index (χ2n) is 0.664. The molecular weight excluding hydrogens is 75.0 g/mol. The molecule has 0 aromatic rings. The Morgan fingerprint density at radius 2 is 1.40 bits per heavy atom. The number of hydrogen-bond acceptors (Lipinski definition) is 2. The summed E-state index contributed by atoms with van der Waals surface area (Å²) in [5.41, 5.74) is 9.56. The molecule has 0 aromatic heterocycles. The third-order valence-electron chi connectivity index (χ3n) is 0. The summed E-state index contributed by atoms with van der Waals surface area (Å²) in [5.74, 6) is 0. The van der Waals surface area contributed by atoms with E-state index in [0.29, 0.717) is 0 Å². The van der Waals surface area contributed by atoms with E-state index in [4.69, 9.17) is 11.5 Å². The summed E-state index contributed by atoms with van der Waals surface area (Å²) in [6.45, 7) is 3.19. The van der Waals surface area contributed by atoms with Crippen molar-refractivity contribution in [3.05, 3.63) is 6.92 Å². The normalized spacial score (nSPS) is 7.20. The minimum atomic E-state index is -0.417. The molecule has 0 aromatic carbocycles. The standard InChI is InChI=1S/C2H7N2.Na/c1-2(3)4;/h2H,1,3-4H2;/q-1;+1. The average Bonchev–Trinajstić information content (AvgIpc) is 0.811. The van der Waals surface area contributed by atoms with Crippen molar-refractivity contribution >= 4 is 0 Å². The van der Waals surface area contributed by atoms with Gasteiger partial charge in [0.2, 0.25) is 0 Å². The van der Waals surface area contributed by atoms with Gasteiger partial charge in [0, 0.05) is 0 Å². The SMILES string of the molecule is [CH2-]C(N)N.[Na+]. The molecule has 5 heavy (non-hydrogen) atoms. The van der Waals surface area contributed by atoms with Crippen LogP contribution in [0.2, 0.25) is 0 Å². The topological polar surface area (TPSA) is 52.0 Å². The first-order valence-electron chi connectivity index (χ1n) is 1.07. The van der Waals surface area contributed by atoms with Gasteiger partial charge in [0.15, 0.2) is 0 Å². The molecule has 0 amide bonds. The monoisotopic (exact) mass is 82.1 g/mol. The van der Waals surface area contributed by atoms with Crippen LogP contribution in [0.1, 0.15) is 0 Å². The van der Waals surface area contributed by atoms with E-state index in [1.807, 2.05) is 0 Å². The molecular formula is C2H7N2Na. The van der Waals surface area contributed by atoms with Gasteiger partial charge in [-0.3, -0.25) is 0 Å². The van der Waals surface area contributed by atoms with Crippen molar-refractivity contribution in [3.63, 3.8) is 0 Å². The van der Waals surface area contributed by atoms with Crippen molar-refractivity contribution in [2.24, 2.45) is 11.5 Å². The first-order valence-corrected chi connectivity index (χ1v) is 1.07. The summed E-state index contributed by atoms with van der Waals surface area (Å²) < 4.78 is 0. The number of nitrogens with two attached hydrogens (primary N) is 2. The quantitative estimate of drug-likeness (QED) is 0.178. The van der Waals surface area contributed by atoms with Gasteiger partial charge in [0.25, 0.3) is 0 Å². The first kappa shape index (κ1) is 9.33. The summed E-state index contributed by atoms with van der Waals surface area (Å²) >= 11 is 0.